The van der Waals surface area contributed by atoms with E-state index in [1.807, 2.05) is 45.5 Å². The lowest BCUT2D eigenvalue weighted by molar-refractivity contribution is 0.0559. The number of benzene rings is 2. The molecule has 20 nitrogen and oxygen atoms in total. The first-order valence-corrected chi connectivity index (χ1v) is 26.6. The van der Waals surface area contributed by atoms with Crippen molar-refractivity contribution in [3.8, 4) is 0 Å². The summed E-state index contributed by atoms with van der Waals surface area (Å²) >= 11 is 12.2. The van der Waals surface area contributed by atoms with E-state index in [0.717, 1.165) is 37.3 Å². The molecule has 68 heavy (non-hydrogen) atoms. The fourth-order valence-corrected chi connectivity index (χ4v) is 10.6. The predicted octanol–water partition coefficient (Wildman–Crippen LogP) is 9.65. The second kappa shape index (κ2) is 24.7. The van der Waals surface area contributed by atoms with E-state index in [4.69, 9.17) is 50.8 Å². The molecule has 2 aromatic carbocycles. The first-order chi connectivity index (χ1) is 33.0. The first kappa shape index (κ1) is 51.1. The van der Waals surface area contributed by atoms with Crippen LogP contribution in [-0.2, 0) is 49.8 Å². The van der Waals surface area contributed by atoms with Gasteiger partial charge in [0.05, 0.1) is 64.0 Å². The minimum atomic E-state index is -3.38. The molecule has 0 unspecified atom stereocenters. The summed E-state index contributed by atoms with van der Waals surface area (Å²) in [6, 6.07) is 14.7. The molecule has 4 aromatic heterocycles. The molecule has 4 atom stereocenters. The number of ether oxygens (including phenoxy) is 2. The lowest BCUT2D eigenvalue weighted by atomic mass is 10.1. The molecule has 0 amide bonds. The minimum absolute atomic E-state index is 0.134. The van der Waals surface area contributed by atoms with Crippen molar-refractivity contribution >= 4 is 85.0 Å². The van der Waals surface area contributed by atoms with Crippen LogP contribution in [0.5, 0.6) is 0 Å². The molecule has 0 aliphatic carbocycles. The van der Waals surface area contributed by atoms with Crippen LogP contribution >= 0.6 is 38.4 Å². The number of aromatic nitrogens is 8. The highest BCUT2D eigenvalue weighted by molar-refractivity contribution is 7.54. The number of imidazole rings is 2. The van der Waals surface area contributed by atoms with Gasteiger partial charge in [0, 0.05) is 62.2 Å². The summed E-state index contributed by atoms with van der Waals surface area (Å²) in [7, 11) is -6.75. The number of hydrogen-bond acceptors (Lipinski definition) is 16. The minimum Gasteiger partial charge on any atom is -0.367 e. The Morgan fingerprint density at radius 3 is 1.49 bits per heavy atom. The zero-order valence-electron chi connectivity index (χ0n) is 38.4. The number of nitrogens with zero attached hydrogens (tertiary/aromatic N) is 12. The van der Waals surface area contributed by atoms with Gasteiger partial charge in [-0.3, -0.25) is 18.2 Å². The highest BCUT2D eigenvalue weighted by atomic mass is 35.5. The molecule has 0 bridgehead atoms. The van der Waals surface area contributed by atoms with Gasteiger partial charge in [0.15, 0.2) is 34.0 Å². The molecule has 2 aliphatic heterocycles. The average Bonchev–Trinajstić information content (AvgIpc) is 3.97. The maximum atomic E-state index is 13.0. The molecule has 6 aromatic rings. The summed E-state index contributed by atoms with van der Waals surface area (Å²) < 4.78 is 63.6. The van der Waals surface area contributed by atoms with Crippen molar-refractivity contribution in [3.05, 3.63) is 95.0 Å². The molecule has 24 heteroatoms. The van der Waals surface area contributed by atoms with Crippen LogP contribution in [0.3, 0.4) is 0 Å². The van der Waals surface area contributed by atoms with E-state index in [1.54, 1.807) is 37.5 Å². The topological polar surface area (TPSA) is 208 Å². The third-order valence-corrected chi connectivity index (χ3v) is 14.7. The van der Waals surface area contributed by atoms with Gasteiger partial charge in [0.1, 0.15) is 25.4 Å². The Hall–Kier alpha value is -4.72. The SMILES string of the molecule is CCN(C=Nc1ncnc2c1ncn2CCOC[P@@]1(=O)OCC[C@@H](c2cccc(Cl)c2)O1)CC.CCN(C=Nc1ncnc2c1ncn2CCOC[P@]1(=O)OCC[C@@H](c2cccc(Cl)c2)O1)CC. The Kier molecular flexibility index (Phi) is 18.6. The zero-order valence-corrected chi connectivity index (χ0v) is 41.7. The van der Waals surface area contributed by atoms with Gasteiger partial charge in [-0.25, -0.2) is 39.9 Å². The van der Waals surface area contributed by atoms with Crippen molar-refractivity contribution in [1.29, 1.82) is 0 Å². The van der Waals surface area contributed by atoms with Crippen molar-refractivity contribution in [2.45, 2.75) is 65.8 Å². The summed E-state index contributed by atoms with van der Waals surface area (Å²) in [5, 5.41) is 1.22. The van der Waals surface area contributed by atoms with Crippen LogP contribution in [0.25, 0.3) is 22.3 Å². The molecule has 364 valence electrons. The second-order valence-electron chi connectivity index (χ2n) is 15.4. The highest BCUT2D eigenvalue weighted by Gasteiger charge is 2.36. The van der Waals surface area contributed by atoms with Gasteiger partial charge in [0.25, 0.3) is 0 Å². The fourth-order valence-electron chi connectivity index (χ4n) is 7.13. The number of fused-ring (bicyclic) bond motifs is 2. The van der Waals surface area contributed by atoms with E-state index >= 15 is 0 Å². The van der Waals surface area contributed by atoms with Gasteiger partial charge in [-0.05, 0) is 63.1 Å². The van der Waals surface area contributed by atoms with Gasteiger partial charge in [-0.2, -0.15) is 0 Å². The first-order valence-electron chi connectivity index (χ1n) is 22.4. The van der Waals surface area contributed by atoms with Crippen molar-refractivity contribution in [1.82, 2.24) is 48.8 Å². The van der Waals surface area contributed by atoms with Gasteiger partial charge >= 0.3 is 15.2 Å². The number of aliphatic imine (C=N–C) groups is 2. The standard InChI is InChI=1S/2C22H28ClN6O4P/c2*1-3-28(4-2)14-27-21-20-22(25-13-24-21)29(15-26-20)9-11-31-16-34(30)32-10-8-19(33-34)17-6-5-7-18(23)12-17/h2*5-7,12-15,19H,3-4,8-11,16H2,1-2H3/t19-,34+;19-,34-/m00/s1. The Bertz CT molecular complexity index is 2550. The maximum absolute atomic E-state index is 13.0. The van der Waals surface area contributed by atoms with Crippen LogP contribution in [-0.4, -0.2) is 127 Å². The molecule has 8 rings (SSSR count). The number of rotatable bonds is 20. The van der Waals surface area contributed by atoms with Crippen LogP contribution in [0.1, 0.15) is 63.9 Å². The van der Waals surface area contributed by atoms with Gasteiger partial charge in [-0.15, -0.1) is 0 Å². The normalized spacial score (nSPS) is 20.9. The second-order valence-corrected chi connectivity index (χ2v) is 20.2. The van der Waals surface area contributed by atoms with Crippen molar-refractivity contribution < 1.29 is 36.7 Å². The van der Waals surface area contributed by atoms with Crippen molar-refractivity contribution in [2.75, 3.05) is 65.3 Å². The quantitative estimate of drug-likeness (QED) is 0.0302. The van der Waals surface area contributed by atoms with Crippen LogP contribution in [0.4, 0.5) is 11.6 Å². The molecule has 0 N–H and O–H groups in total. The largest absolute Gasteiger partial charge is 0.367 e. The third kappa shape index (κ3) is 13.7. The van der Waals surface area contributed by atoms with Gasteiger partial charge in [-0.1, -0.05) is 47.5 Å². The van der Waals surface area contributed by atoms with Crippen LogP contribution < -0.4 is 0 Å². The molecular formula is C44H56Cl2N12O8P2. The van der Waals surface area contributed by atoms with Crippen molar-refractivity contribution in [2.24, 2.45) is 9.98 Å². The van der Waals surface area contributed by atoms with Gasteiger partial charge < -0.3 is 37.5 Å². The molecule has 2 aliphatic rings. The summed E-state index contributed by atoms with van der Waals surface area (Å²) in [5.74, 6) is 1.02. The summed E-state index contributed by atoms with van der Waals surface area (Å²) in [6.45, 7) is 13.8. The molecule has 2 fully saturated rings. The third-order valence-electron chi connectivity index (χ3n) is 10.9. The summed E-state index contributed by atoms with van der Waals surface area (Å²) in [6.07, 6.45) is 10.1. The fraction of sp³-hybridized carbons (Fsp3) is 0.455. The molecule has 6 heterocycles. The summed E-state index contributed by atoms with van der Waals surface area (Å²) in [5.41, 5.74) is 4.29. The Balaban J connectivity index is 0.000000201. The Morgan fingerprint density at radius 2 is 1.09 bits per heavy atom. The maximum Gasteiger partial charge on any atom is 0.356 e. The summed E-state index contributed by atoms with van der Waals surface area (Å²) in [4.78, 5) is 39.0. The Morgan fingerprint density at radius 1 is 0.662 bits per heavy atom. The molecule has 0 radical (unpaired) electrons. The van der Waals surface area contributed by atoms with E-state index in [1.165, 1.54) is 12.7 Å². The van der Waals surface area contributed by atoms with Crippen LogP contribution in [0.15, 0.2) is 83.8 Å². The molecule has 0 spiro atoms. The highest BCUT2D eigenvalue weighted by Crippen LogP contribution is 2.57. The van der Waals surface area contributed by atoms with E-state index in [2.05, 4.69) is 77.4 Å². The average molecular weight is 1010 g/mol. The monoisotopic (exact) mass is 1010 g/mol. The predicted molar refractivity (Wildman–Crippen MR) is 261 cm³/mol. The number of halogens is 2. The van der Waals surface area contributed by atoms with Crippen LogP contribution in [0, 0.1) is 0 Å². The van der Waals surface area contributed by atoms with E-state index in [9.17, 15) is 9.13 Å². The molecular weight excluding hydrogens is 957 g/mol. The smallest absolute Gasteiger partial charge is 0.356 e. The van der Waals surface area contributed by atoms with Gasteiger partial charge in [0.2, 0.25) is 0 Å². The van der Waals surface area contributed by atoms with E-state index < -0.39 is 15.2 Å². The molecule has 0 saturated carbocycles. The van der Waals surface area contributed by atoms with E-state index in [-0.39, 0.29) is 38.1 Å². The van der Waals surface area contributed by atoms with E-state index in [0.29, 0.717) is 83.2 Å². The lowest BCUT2D eigenvalue weighted by Gasteiger charge is -2.30. The number of hydrogen-bond donors (Lipinski definition) is 0. The molecule has 2 saturated heterocycles. The zero-order chi connectivity index (χ0) is 47.9. The van der Waals surface area contributed by atoms with Crippen molar-refractivity contribution in [3.63, 3.8) is 0 Å². The lowest BCUT2D eigenvalue weighted by Crippen LogP contribution is -2.20. The Labute approximate surface area is 405 Å². The van der Waals surface area contributed by atoms with Crippen LogP contribution in [0.2, 0.25) is 10.0 Å².